The van der Waals surface area contributed by atoms with Crippen LogP contribution in [0.25, 0.3) is 11.0 Å². The van der Waals surface area contributed by atoms with Crippen LogP contribution in [0, 0.1) is 5.82 Å². The van der Waals surface area contributed by atoms with Gasteiger partial charge in [0.15, 0.2) is 17.7 Å². The summed E-state index contributed by atoms with van der Waals surface area (Å²) in [5.74, 6) is -0.303. The fraction of sp³-hybridized carbons (Fsp3) is 0.542. The van der Waals surface area contributed by atoms with Crippen LogP contribution in [-0.2, 0) is 26.0 Å². The SMILES string of the molecule is CC1(C)O[C@@H]2[C@H](O1)[C@@H](CO)O[C@H]2n1ncc2c(N3CC4(CCc5ccc(F)cc54)C3)nc(Cl)nc21. The van der Waals surface area contributed by atoms with Crippen molar-refractivity contribution in [3.05, 3.63) is 46.6 Å². The first-order valence-corrected chi connectivity index (χ1v) is 12.2. The Balaban J connectivity index is 1.23. The maximum Gasteiger partial charge on any atom is 0.226 e. The summed E-state index contributed by atoms with van der Waals surface area (Å²) >= 11 is 6.37. The van der Waals surface area contributed by atoms with Gasteiger partial charge in [-0.1, -0.05) is 6.07 Å². The van der Waals surface area contributed by atoms with Gasteiger partial charge in [0.1, 0.15) is 29.9 Å². The summed E-state index contributed by atoms with van der Waals surface area (Å²) in [6.07, 6.45) is 1.59. The second kappa shape index (κ2) is 7.33. The number of aromatic nitrogens is 4. The maximum atomic E-state index is 14.0. The van der Waals surface area contributed by atoms with Gasteiger partial charge in [-0.2, -0.15) is 15.1 Å². The Morgan fingerprint density at radius 3 is 2.80 bits per heavy atom. The van der Waals surface area contributed by atoms with E-state index in [1.165, 1.54) is 11.6 Å². The molecule has 1 spiro atoms. The minimum atomic E-state index is -0.797. The van der Waals surface area contributed by atoms with Gasteiger partial charge in [0, 0.05) is 18.5 Å². The van der Waals surface area contributed by atoms with Gasteiger partial charge in [0.05, 0.1) is 18.2 Å². The average molecular weight is 502 g/mol. The van der Waals surface area contributed by atoms with E-state index in [-0.39, 0.29) is 23.1 Å². The highest BCUT2D eigenvalue weighted by Crippen LogP contribution is 2.48. The predicted octanol–water partition coefficient (Wildman–Crippen LogP) is 2.73. The number of nitrogens with zero attached hydrogens (tertiary/aromatic N) is 5. The topological polar surface area (TPSA) is 94.8 Å². The molecule has 4 atom stereocenters. The molecular formula is C24H25ClFN5O4. The van der Waals surface area contributed by atoms with Gasteiger partial charge in [0.2, 0.25) is 5.28 Å². The Bertz CT molecular complexity index is 1340. The largest absolute Gasteiger partial charge is 0.394 e. The second-order valence-corrected chi connectivity index (χ2v) is 10.7. The molecule has 7 rings (SSSR count). The highest BCUT2D eigenvalue weighted by Gasteiger charge is 2.56. The Kier molecular flexibility index (Phi) is 4.58. The summed E-state index contributed by atoms with van der Waals surface area (Å²) < 4.78 is 33.8. The van der Waals surface area contributed by atoms with E-state index in [4.69, 9.17) is 25.8 Å². The minimum absolute atomic E-state index is 0.0755. The maximum absolute atomic E-state index is 14.0. The first-order chi connectivity index (χ1) is 16.8. The van der Waals surface area contributed by atoms with Gasteiger partial charge in [0.25, 0.3) is 0 Å². The zero-order chi connectivity index (χ0) is 24.1. The molecule has 11 heteroatoms. The van der Waals surface area contributed by atoms with E-state index in [0.29, 0.717) is 11.5 Å². The Labute approximate surface area is 205 Å². The molecule has 4 aliphatic rings. The summed E-state index contributed by atoms with van der Waals surface area (Å²) in [4.78, 5) is 11.1. The van der Waals surface area contributed by atoms with E-state index in [1.54, 1.807) is 16.9 Å². The van der Waals surface area contributed by atoms with Gasteiger partial charge < -0.3 is 24.2 Å². The normalized spacial score (nSPS) is 30.1. The molecule has 2 aromatic heterocycles. The van der Waals surface area contributed by atoms with Crippen molar-refractivity contribution in [1.82, 2.24) is 19.7 Å². The minimum Gasteiger partial charge on any atom is -0.394 e. The highest BCUT2D eigenvalue weighted by atomic mass is 35.5. The summed E-state index contributed by atoms with van der Waals surface area (Å²) in [5, 5.41) is 15.2. The van der Waals surface area contributed by atoms with E-state index in [1.807, 2.05) is 19.9 Å². The number of aliphatic hydroxyl groups excluding tert-OH is 1. The Morgan fingerprint density at radius 1 is 1.20 bits per heavy atom. The lowest BCUT2D eigenvalue weighted by Gasteiger charge is -2.49. The molecule has 3 fully saturated rings. The first-order valence-electron chi connectivity index (χ1n) is 11.8. The summed E-state index contributed by atoms with van der Waals surface area (Å²) in [6, 6.07) is 5.11. The molecule has 0 unspecified atom stereocenters. The van der Waals surface area contributed by atoms with Crippen LogP contribution in [0.1, 0.15) is 37.6 Å². The van der Waals surface area contributed by atoms with Gasteiger partial charge >= 0.3 is 0 Å². The smallest absolute Gasteiger partial charge is 0.226 e. The molecule has 3 aromatic rings. The number of benzene rings is 1. The van der Waals surface area contributed by atoms with E-state index < -0.39 is 30.3 Å². The third kappa shape index (κ3) is 3.17. The van der Waals surface area contributed by atoms with Crippen molar-refractivity contribution in [1.29, 1.82) is 0 Å². The van der Waals surface area contributed by atoms with Gasteiger partial charge in [-0.15, -0.1) is 0 Å². The molecule has 3 aliphatic heterocycles. The van der Waals surface area contributed by atoms with E-state index in [9.17, 15) is 9.50 Å². The quantitative estimate of drug-likeness (QED) is 0.547. The van der Waals surface area contributed by atoms with Crippen molar-refractivity contribution in [3.8, 4) is 0 Å². The van der Waals surface area contributed by atoms with Crippen LogP contribution in [-0.4, -0.2) is 68.7 Å². The zero-order valence-electron chi connectivity index (χ0n) is 19.3. The molecule has 0 amide bonds. The fourth-order valence-electron chi connectivity index (χ4n) is 6.25. The number of aryl methyl sites for hydroxylation is 1. The number of hydrogen-bond acceptors (Lipinski definition) is 8. The van der Waals surface area contributed by atoms with Crippen LogP contribution < -0.4 is 4.90 Å². The summed E-state index contributed by atoms with van der Waals surface area (Å²) in [6.45, 7) is 4.91. The lowest BCUT2D eigenvalue weighted by molar-refractivity contribution is -0.201. The Morgan fingerprint density at radius 2 is 2.00 bits per heavy atom. The van der Waals surface area contributed by atoms with Gasteiger partial charge in [-0.25, -0.2) is 9.07 Å². The third-order valence-electron chi connectivity index (χ3n) is 7.76. The molecule has 9 nitrogen and oxygen atoms in total. The number of hydrogen-bond donors (Lipinski definition) is 1. The molecule has 3 saturated heterocycles. The summed E-state index contributed by atoms with van der Waals surface area (Å²) in [5.41, 5.74) is 2.77. The predicted molar refractivity (Wildman–Crippen MR) is 124 cm³/mol. The van der Waals surface area contributed by atoms with Crippen LogP contribution in [0.4, 0.5) is 10.2 Å². The van der Waals surface area contributed by atoms with E-state index >= 15 is 0 Å². The Hall–Kier alpha value is -2.37. The number of ether oxygens (including phenoxy) is 3. The number of halogens is 2. The number of fused-ring (bicyclic) bond motifs is 4. The van der Waals surface area contributed by atoms with Gasteiger partial charge in [-0.3, -0.25) is 0 Å². The molecule has 0 saturated carbocycles. The van der Waals surface area contributed by atoms with E-state index in [0.717, 1.165) is 36.9 Å². The molecular weight excluding hydrogens is 477 g/mol. The standard InChI is InChI=1S/C24H25ClFN5O4/c1-23(2)34-17-16(9-32)33-21(18(17)35-23)31-20-14(8-27-31)19(28-22(25)29-20)30-10-24(11-30)6-5-12-3-4-13(26)7-15(12)24/h3-4,7-8,16-18,21,32H,5-6,9-11H2,1-2H3/t16-,17-,18-,21-/m1/s1. The zero-order valence-corrected chi connectivity index (χ0v) is 20.1. The molecule has 35 heavy (non-hydrogen) atoms. The second-order valence-electron chi connectivity index (χ2n) is 10.4. The summed E-state index contributed by atoms with van der Waals surface area (Å²) in [7, 11) is 0. The molecule has 0 radical (unpaired) electrons. The van der Waals surface area contributed by atoms with Crippen molar-refractivity contribution in [2.75, 3.05) is 24.6 Å². The number of aliphatic hydroxyl groups is 1. The molecule has 1 aliphatic carbocycles. The fourth-order valence-corrected chi connectivity index (χ4v) is 6.41. The van der Waals surface area contributed by atoms with Crippen molar-refractivity contribution >= 4 is 28.5 Å². The van der Waals surface area contributed by atoms with Crippen LogP contribution in [0.15, 0.2) is 24.4 Å². The molecule has 1 aromatic carbocycles. The van der Waals surface area contributed by atoms with Crippen molar-refractivity contribution in [2.45, 2.75) is 62.4 Å². The average Bonchev–Trinajstić information content (AvgIpc) is 3.52. The van der Waals surface area contributed by atoms with Crippen LogP contribution in [0.2, 0.25) is 5.28 Å². The van der Waals surface area contributed by atoms with Crippen LogP contribution >= 0.6 is 11.6 Å². The molecule has 1 N–H and O–H groups in total. The van der Waals surface area contributed by atoms with Crippen LogP contribution in [0.5, 0.6) is 0 Å². The van der Waals surface area contributed by atoms with Crippen LogP contribution in [0.3, 0.4) is 0 Å². The molecule has 5 heterocycles. The lowest BCUT2D eigenvalue weighted by Crippen LogP contribution is -2.58. The van der Waals surface area contributed by atoms with Gasteiger partial charge in [-0.05, 0) is 61.5 Å². The van der Waals surface area contributed by atoms with Crippen molar-refractivity contribution in [3.63, 3.8) is 0 Å². The molecule has 0 bridgehead atoms. The monoisotopic (exact) mass is 501 g/mol. The highest BCUT2D eigenvalue weighted by molar-refractivity contribution is 6.28. The molecule has 184 valence electrons. The lowest BCUT2D eigenvalue weighted by atomic mass is 9.74. The van der Waals surface area contributed by atoms with Crippen molar-refractivity contribution < 1.29 is 23.7 Å². The number of anilines is 1. The third-order valence-corrected chi connectivity index (χ3v) is 7.92. The first kappa shape index (κ1) is 21.9. The van der Waals surface area contributed by atoms with Crippen molar-refractivity contribution in [2.24, 2.45) is 0 Å². The number of rotatable bonds is 3. The van der Waals surface area contributed by atoms with E-state index in [2.05, 4.69) is 20.0 Å².